The van der Waals surface area contributed by atoms with Crippen LogP contribution in [0.2, 0.25) is 0 Å². The number of aromatic nitrogens is 3. The van der Waals surface area contributed by atoms with Gasteiger partial charge in [0.25, 0.3) is 0 Å². The van der Waals surface area contributed by atoms with E-state index in [0.29, 0.717) is 5.82 Å². The minimum atomic E-state index is 0.514. The van der Waals surface area contributed by atoms with E-state index < -0.39 is 0 Å². The quantitative estimate of drug-likeness (QED) is 0.768. The van der Waals surface area contributed by atoms with Crippen molar-refractivity contribution < 1.29 is 0 Å². The Labute approximate surface area is 131 Å². The molecule has 0 amide bonds. The third-order valence-electron chi connectivity index (χ3n) is 3.42. The lowest BCUT2D eigenvalue weighted by Crippen LogP contribution is -1.98. The second-order valence-electron chi connectivity index (χ2n) is 5.01. The Bertz CT molecular complexity index is 767. The number of imidazole rings is 1. The molecule has 3 aromatic rings. The van der Waals surface area contributed by atoms with Gasteiger partial charge in [0.05, 0.1) is 18.2 Å². The summed E-state index contributed by atoms with van der Waals surface area (Å²) in [6.07, 6.45) is 5.41. The number of pyridine rings is 1. The topological polar surface area (TPSA) is 56.7 Å². The molecule has 2 N–H and O–H groups in total. The maximum atomic E-state index is 5.65. The lowest BCUT2D eigenvalue weighted by atomic mass is 10.1. The fourth-order valence-electron chi connectivity index (χ4n) is 2.33. The maximum absolute atomic E-state index is 5.65. The Balaban J connectivity index is 2.13. The summed E-state index contributed by atoms with van der Waals surface area (Å²) in [4.78, 5) is 8.42. The van der Waals surface area contributed by atoms with Crippen molar-refractivity contribution in [3.8, 4) is 16.9 Å². The van der Waals surface area contributed by atoms with Crippen LogP contribution >= 0.6 is 15.9 Å². The SMILES string of the molecule is Cc1cc(-n2cncc2-c2ccc(N)nc2)cc(C)c1Br. The van der Waals surface area contributed by atoms with Gasteiger partial charge in [-0.25, -0.2) is 9.97 Å². The molecular weight excluding hydrogens is 328 g/mol. The van der Waals surface area contributed by atoms with Crippen LogP contribution in [-0.2, 0) is 0 Å². The minimum Gasteiger partial charge on any atom is -0.384 e. The molecule has 0 radical (unpaired) electrons. The van der Waals surface area contributed by atoms with Gasteiger partial charge in [0.15, 0.2) is 0 Å². The van der Waals surface area contributed by atoms with E-state index in [-0.39, 0.29) is 0 Å². The van der Waals surface area contributed by atoms with Crippen molar-refractivity contribution in [3.63, 3.8) is 0 Å². The summed E-state index contributed by atoms with van der Waals surface area (Å²) in [5.41, 5.74) is 11.1. The molecule has 5 heteroatoms. The molecule has 0 saturated heterocycles. The Hall–Kier alpha value is -2.14. The molecule has 0 saturated carbocycles. The highest BCUT2D eigenvalue weighted by atomic mass is 79.9. The van der Waals surface area contributed by atoms with Gasteiger partial charge in [-0.15, -0.1) is 0 Å². The Kier molecular flexibility index (Phi) is 3.51. The molecule has 21 heavy (non-hydrogen) atoms. The van der Waals surface area contributed by atoms with Crippen LogP contribution < -0.4 is 5.73 Å². The molecule has 0 aliphatic rings. The molecular formula is C16H15BrN4. The van der Waals surface area contributed by atoms with Gasteiger partial charge < -0.3 is 5.73 Å². The molecule has 3 rings (SSSR count). The standard InChI is InChI=1S/C16H15BrN4/c1-10-5-13(6-11(2)16(10)17)21-9-19-8-14(21)12-3-4-15(18)20-7-12/h3-9H,1-2H3,(H2,18,20). The summed E-state index contributed by atoms with van der Waals surface area (Å²) >= 11 is 3.60. The number of aryl methyl sites for hydroxylation is 2. The van der Waals surface area contributed by atoms with Crippen LogP contribution in [0.25, 0.3) is 16.9 Å². The molecule has 1 aromatic carbocycles. The van der Waals surface area contributed by atoms with Gasteiger partial charge in [0.2, 0.25) is 0 Å². The van der Waals surface area contributed by atoms with Crippen molar-refractivity contribution in [1.29, 1.82) is 0 Å². The first-order valence-electron chi connectivity index (χ1n) is 6.57. The van der Waals surface area contributed by atoms with Crippen LogP contribution in [0, 0.1) is 13.8 Å². The number of hydrogen-bond acceptors (Lipinski definition) is 3. The van der Waals surface area contributed by atoms with E-state index in [1.807, 2.05) is 18.6 Å². The molecule has 0 unspecified atom stereocenters. The van der Waals surface area contributed by atoms with Crippen molar-refractivity contribution in [2.45, 2.75) is 13.8 Å². The normalized spacial score (nSPS) is 10.8. The van der Waals surface area contributed by atoms with Crippen molar-refractivity contribution >= 4 is 21.7 Å². The Morgan fingerprint density at radius 2 is 1.81 bits per heavy atom. The molecule has 0 bridgehead atoms. The van der Waals surface area contributed by atoms with Gasteiger partial charge in [-0.3, -0.25) is 4.57 Å². The molecule has 0 aliphatic heterocycles. The zero-order chi connectivity index (χ0) is 15.0. The van der Waals surface area contributed by atoms with Crippen molar-refractivity contribution in [2.24, 2.45) is 0 Å². The molecule has 0 aliphatic carbocycles. The van der Waals surface area contributed by atoms with Crippen LogP contribution in [0.1, 0.15) is 11.1 Å². The average Bonchev–Trinajstić information content (AvgIpc) is 2.94. The van der Waals surface area contributed by atoms with Crippen LogP contribution in [0.5, 0.6) is 0 Å². The number of nitrogens with zero attached hydrogens (tertiary/aromatic N) is 3. The van der Waals surface area contributed by atoms with E-state index in [1.54, 1.807) is 12.3 Å². The minimum absolute atomic E-state index is 0.514. The van der Waals surface area contributed by atoms with E-state index in [4.69, 9.17) is 5.73 Å². The van der Waals surface area contributed by atoms with E-state index >= 15 is 0 Å². The summed E-state index contributed by atoms with van der Waals surface area (Å²) in [7, 11) is 0. The van der Waals surface area contributed by atoms with Gasteiger partial charge in [0, 0.05) is 21.9 Å². The summed E-state index contributed by atoms with van der Waals surface area (Å²) < 4.78 is 3.20. The number of hydrogen-bond donors (Lipinski definition) is 1. The lowest BCUT2D eigenvalue weighted by molar-refractivity contribution is 1.05. The van der Waals surface area contributed by atoms with E-state index in [1.165, 1.54) is 11.1 Å². The number of anilines is 1. The molecule has 2 heterocycles. The summed E-state index contributed by atoms with van der Waals surface area (Å²) in [5.74, 6) is 0.514. The van der Waals surface area contributed by atoms with Crippen molar-refractivity contribution in [3.05, 3.63) is 58.6 Å². The first kappa shape index (κ1) is 13.8. The van der Waals surface area contributed by atoms with E-state index in [0.717, 1.165) is 21.4 Å². The Morgan fingerprint density at radius 3 is 2.43 bits per heavy atom. The molecule has 0 atom stereocenters. The van der Waals surface area contributed by atoms with Crippen molar-refractivity contribution in [2.75, 3.05) is 5.73 Å². The smallest absolute Gasteiger partial charge is 0.123 e. The highest BCUT2D eigenvalue weighted by Gasteiger charge is 2.10. The first-order valence-corrected chi connectivity index (χ1v) is 7.37. The van der Waals surface area contributed by atoms with Gasteiger partial charge in [-0.05, 0) is 49.2 Å². The predicted molar refractivity (Wildman–Crippen MR) is 88.4 cm³/mol. The summed E-state index contributed by atoms with van der Waals surface area (Å²) in [6.45, 7) is 4.17. The van der Waals surface area contributed by atoms with Crippen LogP contribution in [-0.4, -0.2) is 14.5 Å². The Morgan fingerprint density at radius 1 is 1.10 bits per heavy atom. The molecule has 0 spiro atoms. The maximum Gasteiger partial charge on any atom is 0.123 e. The summed E-state index contributed by atoms with van der Waals surface area (Å²) in [6, 6.07) is 8.01. The number of halogens is 1. The number of benzene rings is 1. The highest BCUT2D eigenvalue weighted by molar-refractivity contribution is 9.10. The second kappa shape index (κ2) is 5.33. The van der Waals surface area contributed by atoms with Crippen LogP contribution in [0.4, 0.5) is 5.82 Å². The molecule has 2 aromatic heterocycles. The van der Waals surface area contributed by atoms with Gasteiger partial charge in [-0.2, -0.15) is 0 Å². The monoisotopic (exact) mass is 342 g/mol. The van der Waals surface area contributed by atoms with E-state index in [9.17, 15) is 0 Å². The molecule has 4 nitrogen and oxygen atoms in total. The number of nitrogens with two attached hydrogens (primary N) is 1. The fourth-order valence-corrected chi connectivity index (χ4v) is 2.56. The van der Waals surface area contributed by atoms with Crippen LogP contribution in [0.15, 0.2) is 47.5 Å². The second-order valence-corrected chi connectivity index (χ2v) is 5.81. The molecule has 0 fully saturated rings. The van der Waals surface area contributed by atoms with Gasteiger partial charge >= 0.3 is 0 Å². The largest absolute Gasteiger partial charge is 0.384 e. The fraction of sp³-hybridized carbons (Fsp3) is 0.125. The third kappa shape index (κ3) is 2.56. The zero-order valence-electron chi connectivity index (χ0n) is 11.8. The number of rotatable bonds is 2. The predicted octanol–water partition coefficient (Wildman–Crippen LogP) is 3.90. The first-order chi connectivity index (χ1) is 10.1. The number of nitrogen functional groups attached to an aromatic ring is 1. The van der Waals surface area contributed by atoms with Gasteiger partial charge in [0.1, 0.15) is 5.82 Å². The zero-order valence-corrected chi connectivity index (χ0v) is 13.4. The lowest BCUT2D eigenvalue weighted by Gasteiger charge is -2.12. The summed E-state index contributed by atoms with van der Waals surface area (Å²) in [5, 5.41) is 0. The highest BCUT2D eigenvalue weighted by Crippen LogP contribution is 2.27. The third-order valence-corrected chi connectivity index (χ3v) is 4.67. The average molecular weight is 343 g/mol. The van der Waals surface area contributed by atoms with Crippen molar-refractivity contribution in [1.82, 2.24) is 14.5 Å². The molecule has 106 valence electrons. The van der Waals surface area contributed by atoms with E-state index in [2.05, 4.69) is 56.4 Å². The van der Waals surface area contributed by atoms with Crippen LogP contribution in [0.3, 0.4) is 0 Å². The van der Waals surface area contributed by atoms with Gasteiger partial charge in [-0.1, -0.05) is 15.9 Å².